The maximum Gasteiger partial charge on any atom is 0.278 e. The van der Waals surface area contributed by atoms with Gasteiger partial charge in [-0.25, -0.2) is 0 Å². The third kappa shape index (κ3) is 2.63. The molecule has 1 aromatic carbocycles. The van der Waals surface area contributed by atoms with Gasteiger partial charge in [0, 0.05) is 5.56 Å². The van der Waals surface area contributed by atoms with Gasteiger partial charge < -0.3 is 22.9 Å². The summed E-state index contributed by atoms with van der Waals surface area (Å²) in [5.41, 5.74) is 23.8. The number of hydrogen-bond acceptors (Lipinski definition) is 6. The number of nitro benzene ring substituents is 1. The molecule has 0 aliphatic rings. The molecule has 0 saturated heterocycles. The van der Waals surface area contributed by atoms with Crippen LogP contribution in [0.15, 0.2) is 6.07 Å². The molecule has 17 heavy (non-hydrogen) atoms. The summed E-state index contributed by atoms with van der Waals surface area (Å²) in [7, 11) is 0. The average Bonchev–Trinajstić information content (AvgIpc) is 2.25. The van der Waals surface area contributed by atoms with Gasteiger partial charge in [-0.15, -0.1) is 0 Å². The Balaban J connectivity index is 3.45. The molecule has 0 aliphatic carbocycles. The number of nitrogens with two attached hydrogens (primary N) is 4. The summed E-state index contributed by atoms with van der Waals surface area (Å²) in [5.74, 6) is 0. The van der Waals surface area contributed by atoms with Gasteiger partial charge in [-0.1, -0.05) is 0 Å². The van der Waals surface area contributed by atoms with E-state index in [4.69, 9.17) is 22.9 Å². The molecule has 7 nitrogen and oxygen atoms in total. The van der Waals surface area contributed by atoms with E-state index in [1.54, 1.807) is 0 Å². The van der Waals surface area contributed by atoms with Crippen molar-refractivity contribution in [2.24, 2.45) is 11.5 Å². The van der Waals surface area contributed by atoms with E-state index < -0.39 is 4.92 Å². The zero-order chi connectivity index (χ0) is 13.0. The van der Waals surface area contributed by atoms with Gasteiger partial charge in [-0.3, -0.25) is 10.1 Å². The molecule has 94 valence electrons. The molecular weight excluding hydrogens is 222 g/mol. The summed E-state index contributed by atoms with van der Waals surface area (Å²) in [4.78, 5) is 10.6. The lowest BCUT2D eigenvalue weighted by atomic mass is 9.99. The predicted octanol–water partition coefficient (Wildman–Crippen LogP) is -0.238. The van der Waals surface area contributed by atoms with E-state index >= 15 is 0 Å². The second-order valence-electron chi connectivity index (χ2n) is 3.70. The highest BCUT2D eigenvalue weighted by atomic mass is 16.6. The van der Waals surface area contributed by atoms with Gasteiger partial charge >= 0.3 is 0 Å². The summed E-state index contributed by atoms with van der Waals surface area (Å²) >= 11 is 0. The van der Waals surface area contributed by atoms with Gasteiger partial charge in [0.1, 0.15) is 0 Å². The third-order valence-electron chi connectivity index (χ3n) is 2.55. The quantitative estimate of drug-likeness (QED) is 0.316. The lowest BCUT2D eigenvalue weighted by Crippen LogP contribution is -2.13. The number of hydrogen-bond donors (Lipinski definition) is 4. The van der Waals surface area contributed by atoms with Crippen LogP contribution in [0, 0.1) is 10.1 Å². The molecule has 0 aromatic heterocycles. The lowest BCUT2D eigenvalue weighted by Gasteiger charge is -2.12. The zero-order valence-corrected chi connectivity index (χ0v) is 9.48. The first-order chi connectivity index (χ1) is 8.02. The van der Waals surface area contributed by atoms with Crippen LogP contribution < -0.4 is 22.9 Å². The Labute approximate surface area is 98.9 Å². The van der Waals surface area contributed by atoms with Gasteiger partial charge in [0.05, 0.1) is 21.9 Å². The van der Waals surface area contributed by atoms with Crippen molar-refractivity contribution in [3.8, 4) is 0 Å². The van der Waals surface area contributed by atoms with Crippen LogP contribution in [0.3, 0.4) is 0 Å². The van der Waals surface area contributed by atoms with E-state index in [0.717, 1.165) is 0 Å². The predicted molar refractivity (Wildman–Crippen MR) is 67.4 cm³/mol. The number of rotatable bonds is 5. The summed E-state index contributed by atoms with van der Waals surface area (Å²) < 4.78 is 0. The van der Waals surface area contributed by atoms with Gasteiger partial charge in [-0.05, 0) is 32.0 Å². The first-order valence-corrected chi connectivity index (χ1v) is 5.27. The molecule has 0 amide bonds. The van der Waals surface area contributed by atoms with Gasteiger partial charge in [-0.2, -0.15) is 0 Å². The van der Waals surface area contributed by atoms with Crippen LogP contribution >= 0.6 is 0 Å². The Morgan fingerprint density at radius 2 is 1.76 bits per heavy atom. The van der Waals surface area contributed by atoms with E-state index in [-0.39, 0.29) is 17.9 Å². The van der Waals surface area contributed by atoms with Crippen molar-refractivity contribution in [1.82, 2.24) is 0 Å². The lowest BCUT2D eigenvalue weighted by molar-refractivity contribution is -0.386. The van der Waals surface area contributed by atoms with E-state index in [9.17, 15) is 10.1 Å². The second kappa shape index (κ2) is 5.46. The minimum absolute atomic E-state index is 0.00685. The van der Waals surface area contributed by atoms with Crippen molar-refractivity contribution in [2.45, 2.75) is 12.8 Å². The molecule has 0 fully saturated rings. The van der Waals surface area contributed by atoms with Crippen LogP contribution in [0.4, 0.5) is 17.1 Å². The van der Waals surface area contributed by atoms with E-state index in [1.165, 1.54) is 6.07 Å². The molecule has 0 spiro atoms. The molecule has 1 aromatic rings. The molecule has 0 unspecified atom stereocenters. The molecule has 8 N–H and O–H groups in total. The van der Waals surface area contributed by atoms with Crippen molar-refractivity contribution >= 4 is 17.1 Å². The fourth-order valence-corrected chi connectivity index (χ4v) is 1.80. The SMILES string of the molecule is NCCc1cc(N)c(N)c(CCN)c1[N+](=O)[O-]. The zero-order valence-electron chi connectivity index (χ0n) is 9.48. The third-order valence-corrected chi connectivity index (χ3v) is 2.55. The Morgan fingerprint density at radius 1 is 1.18 bits per heavy atom. The molecule has 7 heteroatoms. The Morgan fingerprint density at radius 3 is 2.24 bits per heavy atom. The Bertz CT molecular complexity index is 433. The second-order valence-corrected chi connectivity index (χ2v) is 3.70. The largest absolute Gasteiger partial charge is 0.397 e. The fraction of sp³-hybridized carbons (Fsp3) is 0.400. The molecule has 0 heterocycles. The van der Waals surface area contributed by atoms with Crippen molar-refractivity contribution < 1.29 is 4.92 Å². The Hall–Kier alpha value is -1.86. The van der Waals surface area contributed by atoms with Crippen molar-refractivity contribution in [3.63, 3.8) is 0 Å². The standard InChI is InChI=1S/C10H17N5O2/c11-3-1-6-5-8(13)9(14)7(2-4-12)10(6)15(16)17/h5H,1-4,11-14H2. The van der Waals surface area contributed by atoms with Crippen LogP contribution in [0.1, 0.15) is 11.1 Å². The van der Waals surface area contributed by atoms with E-state index in [0.29, 0.717) is 36.2 Å². The normalized spacial score (nSPS) is 10.5. The van der Waals surface area contributed by atoms with Crippen LogP contribution in [0.5, 0.6) is 0 Å². The minimum Gasteiger partial charge on any atom is -0.397 e. The molecule has 0 saturated carbocycles. The molecule has 0 radical (unpaired) electrons. The van der Waals surface area contributed by atoms with Crippen LogP contribution in [0.2, 0.25) is 0 Å². The van der Waals surface area contributed by atoms with Gasteiger partial charge in [0.2, 0.25) is 0 Å². The average molecular weight is 239 g/mol. The maximum absolute atomic E-state index is 11.1. The molecule has 0 aliphatic heterocycles. The topological polar surface area (TPSA) is 147 Å². The van der Waals surface area contributed by atoms with Crippen LogP contribution in [-0.2, 0) is 12.8 Å². The van der Waals surface area contributed by atoms with E-state index in [1.807, 2.05) is 0 Å². The highest BCUT2D eigenvalue weighted by Gasteiger charge is 2.23. The highest BCUT2D eigenvalue weighted by Crippen LogP contribution is 2.34. The molecule has 0 bridgehead atoms. The van der Waals surface area contributed by atoms with Crippen molar-refractivity contribution in [2.75, 3.05) is 24.6 Å². The number of nitro groups is 1. The molecular formula is C10H17N5O2. The maximum atomic E-state index is 11.1. The molecule has 1 rings (SSSR count). The number of nitrogens with zero attached hydrogens (tertiary/aromatic N) is 1. The smallest absolute Gasteiger partial charge is 0.278 e. The number of nitrogen functional groups attached to an aromatic ring is 2. The summed E-state index contributed by atoms with van der Waals surface area (Å²) in [6.07, 6.45) is 0.711. The Kier molecular flexibility index (Phi) is 4.24. The van der Waals surface area contributed by atoms with E-state index in [2.05, 4.69) is 0 Å². The first kappa shape index (κ1) is 13.2. The number of anilines is 2. The molecule has 0 atom stereocenters. The van der Waals surface area contributed by atoms with Gasteiger partial charge in [0.15, 0.2) is 0 Å². The monoisotopic (exact) mass is 239 g/mol. The fourth-order valence-electron chi connectivity index (χ4n) is 1.80. The highest BCUT2D eigenvalue weighted by molar-refractivity contribution is 5.75. The first-order valence-electron chi connectivity index (χ1n) is 5.27. The minimum atomic E-state index is -0.453. The number of benzene rings is 1. The van der Waals surface area contributed by atoms with Crippen molar-refractivity contribution in [3.05, 3.63) is 27.3 Å². The van der Waals surface area contributed by atoms with Crippen molar-refractivity contribution in [1.29, 1.82) is 0 Å². The van der Waals surface area contributed by atoms with Crippen LogP contribution in [0.25, 0.3) is 0 Å². The van der Waals surface area contributed by atoms with Gasteiger partial charge in [0.25, 0.3) is 5.69 Å². The summed E-state index contributed by atoms with van der Waals surface area (Å²) in [6.45, 7) is 0.586. The summed E-state index contributed by atoms with van der Waals surface area (Å²) in [6, 6.07) is 1.51. The van der Waals surface area contributed by atoms with Crippen LogP contribution in [-0.4, -0.2) is 18.0 Å². The summed E-state index contributed by atoms with van der Waals surface area (Å²) in [5, 5.41) is 11.1.